The van der Waals surface area contributed by atoms with E-state index >= 15 is 0 Å². The maximum Gasteiger partial charge on any atom is 0.289 e. The minimum atomic E-state index is -0.151. The number of aromatic nitrogens is 2. The van der Waals surface area contributed by atoms with E-state index in [-0.39, 0.29) is 17.9 Å². The number of benzene rings is 2. The second-order valence-corrected chi connectivity index (χ2v) is 9.37. The van der Waals surface area contributed by atoms with Crippen LogP contribution in [0.2, 0.25) is 0 Å². The molecule has 7 nitrogen and oxygen atoms in total. The standard InChI is InChI=1S/C30H30N4O3/c1-22-9-11-24(12-10-22)29-25(21-34(32-29)20-23-6-3-2-4-7-23)13-14-28(35)31-26-15-17-33(18-16-26)30(36)27-8-5-19-37-27/h2-14,19,21,26H,15-18,20H2,1H3,(H,31,35)/b14-13+. The number of nitrogens with zero attached hydrogens (tertiary/aromatic N) is 3. The summed E-state index contributed by atoms with van der Waals surface area (Å²) in [7, 11) is 0. The lowest BCUT2D eigenvalue weighted by Crippen LogP contribution is -2.46. The fraction of sp³-hybridized carbons (Fsp3) is 0.233. The van der Waals surface area contributed by atoms with Crippen molar-refractivity contribution < 1.29 is 14.0 Å². The first-order chi connectivity index (χ1) is 18.0. The lowest BCUT2D eigenvalue weighted by atomic mass is 10.0. The Morgan fingerprint density at radius 2 is 1.78 bits per heavy atom. The zero-order valence-electron chi connectivity index (χ0n) is 20.8. The first-order valence-corrected chi connectivity index (χ1v) is 12.5. The van der Waals surface area contributed by atoms with Crippen LogP contribution < -0.4 is 5.32 Å². The molecular formula is C30H30N4O3. The third-order valence-corrected chi connectivity index (χ3v) is 6.58. The van der Waals surface area contributed by atoms with Gasteiger partial charge >= 0.3 is 0 Å². The van der Waals surface area contributed by atoms with E-state index in [4.69, 9.17) is 9.52 Å². The van der Waals surface area contributed by atoms with Gasteiger partial charge in [-0.1, -0.05) is 60.2 Å². The van der Waals surface area contributed by atoms with Gasteiger partial charge in [-0.3, -0.25) is 14.3 Å². The van der Waals surface area contributed by atoms with Gasteiger partial charge in [0.05, 0.1) is 18.5 Å². The van der Waals surface area contributed by atoms with E-state index < -0.39 is 0 Å². The molecule has 3 heterocycles. The minimum Gasteiger partial charge on any atom is -0.459 e. The summed E-state index contributed by atoms with van der Waals surface area (Å²) in [5, 5.41) is 7.92. The normalized spacial score (nSPS) is 14.2. The Morgan fingerprint density at radius 1 is 1.03 bits per heavy atom. The molecule has 0 aliphatic carbocycles. The van der Waals surface area contributed by atoms with Crippen molar-refractivity contribution in [3.63, 3.8) is 0 Å². The Balaban J connectivity index is 1.24. The van der Waals surface area contributed by atoms with Crippen molar-refractivity contribution in [3.8, 4) is 11.3 Å². The summed E-state index contributed by atoms with van der Waals surface area (Å²) in [5.41, 5.74) is 5.07. The Labute approximate surface area is 216 Å². The highest BCUT2D eigenvalue weighted by molar-refractivity contribution is 5.93. The van der Waals surface area contributed by atoms with E-state index in [0.717, 1.165) is 22.4 Å². The van der Waals surface area contributed by atoms with Gasteiger partial charge in [0.15, 0.2) is 5.76 Å². The summed E-state index contributed by atoms with van der Waals surface area (Å²) in [6.45, 7) is 3.87. The van der Waals surface area contributed by atoms with Crippen molar-refractivity contribution in [2.24, 2.45) is 0 Å². The summed E-state index contributed by atoms with van der Waals surface area (Å²) in [4.78, 5) is 27.0. The van der Waals surface area contributed by atoms with Gasteiger partial charge in [0.25, 0.3) is 5.91 Å². The van der Waals surface area contributed by atoms with Gasteiger partial charge in [-0.15, -0.1) is 0 Å². The summed E-state index contributed by atoms with van der Waals surface area (Å²) >= 11 is 0. The fourth-order valence-electron chi connectivity index (χ4n) is 4.54. The zero-order chi connectivity index (χ0) is 25.6. The van der Waals surface area contributed by atoms with Crippen LogP contribution in [0, 0.1) is 6.92 Å². The summed E-state index contributed by atoms with van der Waals surface area (Å²) in [6.07, 6.45) is 8.29. The Morgan fingerprint density at radius 3 is 2.49 bits per heavy atom. The molecule has 0 radical (unpaired) electrons. The lowest BCUT2D eigenvalue weighted by Gasteiger charge is -2.31. The highest BCUT2D eigenvalue weighted by Crippen LogP contribution is 2.24. The second-order valence-electron chi connectivity index (χ2n) is 9.37. The molecule has 5 rings (SSSR count). The van der Waals surface area contributed by atoms with Crippen LogP contribution >= 0.6 is 0 Å². The average molecular weight is 495 g/mol. The van der Waals surface area contributed by atoms with Crippen LogP contribution in [0.25, 0.3) is 17.3 Å². The van der Waals surface area contributed by atoms with Crippen molar-refractivity contribution in [2.45, 2.75) is 32.4 Å². The fourth-order valence-corrected chi connectivity index (χ4v) is 4.54. The molecule has 0 unspecified atom stereocenters. The maximum absolute atomic E-state index is 12.8. The molecule has 0 atom stereocenters. The molecular weight excluding hydrogens is 464 g/mol. The average Bonchev–Trinajstić information content (AvgIpc) is 3.59. The van der Waals surface area contributed by atoms with E-state index in [1.165, 1.54) is 11.8 Å². The van der Waals surface area contributed by atoms with E-state index in [2.05, 4.69) is 48.6 Å². The van der Waals surface area contributed by atoms with Gasteiger partial charge in [0.1, 0.15) is 0 Å². The van der Waals surface area contributed by atoms with Crippen LogP contribution in [-0.2, 0) is 11.3 Å². The van der Waals surface area contributed by atoms with Crippen LogP contribution in [-0.4, -0.2) is 45.6 Å². The van der Waals surface area contributed by atoms with Crippen LogP contribution in [0.15, 0.2) is 89.7 Å². The van der Waals surface area contributed by atoms with E-state index in [0.29, 0.717) is 38.2 Å². The van der Waals surface area contributed by atoms with Crippen molar-refractivity contribution in [1.82, 2.24) is 20.0 Å². The molecule has 2 aromatic heterocycles. The predicted molar refractivity (Wildman–Crippen MR) is 143 cm³/mol. The summed E-state index contributed by atoms with van der Waals surface area (Å²) < 4.78 is 7.13. The number of furan rings is 1. The Kier molecular flexibility index (Phi) is 7.31. The van der Waals surface area contributed by atoms with Gasteiger partial charge in [-0.2, -0.15) is 5.10 Å². The highest BCUT2D eigenvalue weighted by atomic mass is 16.3. The molecule has 0 bridgehead atoms. The Bertz CT molecular complexity index is 1360. The molecule has 0 spiro atoms. The monoisotopic (exact) mass is 494 g/mol. The number of nitrogens with one attached hydrogen (secondary N) is 1. The minimum absolute atomic E-state index is 0.0233. The van der Waals surface area contributed by atoms with Gasteiger partial charge in [0, 0.05) is 42.5 Å². The zero-order valence-corrected chi connectivity index (χ0v) is 20.8. The third kappa shape index (κ3) is 6.06. The van der Waals surface area contributed by atoms with E-state index in [1.807, 2.05) is 35.2 Å². The van der Waals surface area contributed by atoms with Crippen LogP contribution in [0.3, 0.4) is 0 Å². The number of aryl methyl sites for hydroxylation is 1. The quantitative estimate of drug-likeness (QED) is 0.369. The molecule has 1 aliphatic heterocycles. The smallest absolute Gasteiger partial charge is 0.289 e. The molecule has 7 heteroatoms. The number of likely N-dealkylation sites (tertiary alicyclic amines) is 1. The van der Waals surface area contributed by atoms with Crippen molar-refractivity contribution in [2.75, 3.05) is 13.1 Å². The third-order valence-electron chi connectivity index (χ3n) is 6.58. The van der Waals surface area contributed by atoms with Crippen molar-refractivity contribution in [1.29, 1.82) is 0 Å². The first kappa shape index (κ1) is 24.3. The predicted octanol–water partition coefficient (Wildman–Crippen LogP) is 4.93. The molecule has 1 N–H and O–H groups in total. The number of hydrogen-bond acceptors (Lipinski definition) is 4. The highest BCUT2D eigenvalue weighted by Gasteiger charge is 2.25. The van der Waals surface area contributed by atoms with Crippen LogP contribution in [0.4, 0.5) is 0 Å². The molecule has 188 valence electrons. The van der Waals surface area contributed by atoms with E-state index in [1.54, 1.807) is 23.1 Å². The molecule has 37 heavy (non-hydrogen) atoms. The molecule has 1 saturated heterocycles. The van der Waals surface area contributed by atoms with Crippen molar-refractivity contribution in [3.05, 3.63) is 108 Å². The van der Waals surface area contributed by atoms with E-state index in [9.17, 15) is 9.59 Å². The van der Waals surface area contributed by atoms with Gasteiger partial charge < -0.3 is 14.6 Å². The number of piperidine rings is 1. The summed E-state index contributed by atoms with van der Waals surface area (Å²) in [6, 6.07) is 21.8. The SMILES string of the molecule is Cc1ccc(-c2nn(Cc3ccccc3)cc2/C=C/C(=O)NC2CCN(C(=O)c3ccco3)CC2)cc1. The number of hydrogen-bond donors (Lipinski definition) is 1. The molecule has 2 amide bonds. The molecule has 1 aliphatic rings. The molecule has 4 aromatic rings. The maximum atomic E-state index is 12.8. The van der Waals surface area contributed by atoms with Crippen molar-refractivity contribution >= 4 is 17.9 Å². The number of carbonyl (C=O) groups is 2. The molecule has 2 aromatic carbocycles. The second kappa shape index (κ2) is 11.1. The van der Waals surface area contributed by atoms with Crippen LogP contribution in [0.1, 0.15) is 40.1 Å². The van der Waals surface area contributed by atoms with Crippen LogP contribution in [0.5, 0.6) is 0 Å². The summed E-state index contributed by atoms with van der Waals surface area (Å²) in [5.74, 6) is 0.0925. The lowest BCUT2D eigenvalue weighted by molar-refractivity contribution is -0.117. The first-order valence-electron chi connectivity index (χ1n) is 12.5. The number of rotatable bonds is 7. The molecule has 1 fully saturated rings. The van der Waals surface area contributed by atoms with Gasteiger partial charge in [-0.25, -0.2) is 0 Å². The Hall–Kier alpha value is -4.39. The molecule has 0 saturated carbocycles. The van der Waals surface area contributed by atoms with Gasteiger partial charge in [0.2, 0.25) is 5.91 Å². The number of amides is 2. The number of carbonyl (C=O) groups excluding carboxylic acids is 2. The van der Waals surface area contributed by atoms with Gasteiger partial charge in [-0.05, 0) is 43.5 Å². The largest absolute Gasteiger partial charge is 0.459 e. The topological polar surface area (TPSA) is 80.4 Å².